The molecule has 178 valence electrons. The highest BCUT2D eigenvalue weighted by molar-refractivity contribution is 5.93. The van der Waals surface area contributed by atoms with Crippen LogP contribution in [0.1, 0.15) is 60.8 Å². The van der Waals surface area contributed by atoms with Crippen molar-refractivity contribution in [2.24, 2.45) is 0 Å². The highest BCUT2D eigenvalue weighted by atomic mass is 16.1. The van der Waals surface area contributed by atoms with Gasteiger partial charge >= 0.3 is 0 Å². The molecule has 3 aromatic rings. The third-order valence-electron chi connectivity index (χ3n) is 7.73. The molecule has 0 spiro atoms. The second-order valence-corrected chi connectivity index (χ2v) is 10.1. The first-order chi connectivity index (χ1) is 17.1. The van der Waals surface area contributed by atoms with Crippen LogP contribution in [-0.2, 0) is 17.8 Å². The lowest BCUT2D eigenvalue weighted by Crippen LogP contribution is -2.51. The van der Waals surface area contributed by atoms with Gasteiger partial charge in [0.15, 0.2) is 0 Å². The summed E-state index contributed by atoms with van der Waals surface area (Å²) in [5.74, 6) is 0.00251. The predicted octanol–water partition coefficient (Wildman–Crippen LogP) is 5.99. The van der Waals surface area contributed by atoms with E-state index in [0.29, 0.717) is 0 Å². The molecule has 0 aromatic heterocycles. The molecule has 4 nitrogen and oxygen atoms in total. The number of rotatable bonds is 6. The fraction of sp³-hybridized carbons (Fsp3) is 0.355. The minimum Gasteiger partial charge on any atom is -0.347 e. The molecule has 5 rings (SSSR count). The van der Waals surface area contributed by atoms with Gasteiger partial charge in [0.05, 0.1) is 11.6 Å². The Labute approximate surface area is 208 Å². The third kappa shape index (κ3) is 5.63. The van der Waals surface area contributed by atoms with Crippen molar-refractivity contribution in [2.75, 3.05) is 13.1 Å². The smallest absolute Gasteiger partial charge is 0.244 e. The Bertz CT molecular complexity index is 1280. The molecule has 1 aliphatic carbocycles. The van der Waals surface area contributed by atoms with E-state index in [1.807, 2.05) is 30.3 Å². The average Bonchev–Trinajstić information content (AvgIpc) is 2.90. The maximum Gasteiger partial charge on any atom is 0.244 e. The standard InChI is InChI=1S/C31H33N3O/c32-22-25-9-12-27-14-18-34(23-29(27)21-25)19-17-31(15-4-1-5-16-31)33-30(35)13-10-24-8-11-26-6-2-3-7-28(26)20-24/h2-3,6-13,20-21H,1,4-5,14-19,23H2,(H,33,35)/b13-10+. The average molecular weight is 464 g/mol. The number of nitrogens with one attached hydrogen (secondary N) is 1. The lowest BCUT2D eigenvalue weighted by molar-refractivity contribution is -0.118. The molecule has 0 bridgehead atoms. The Morgan fingerprint density at radius 2 is 1.83 bits per heavy atom. The normalized spacial score (nSPS) is 17.7. The minimum absolute atomic E-state index is 0.00251. The maximum atomic E-state index is 13.0. The van der Waals surface area contributed by atoms with Crippen LogP contribution in [0.5, 0.6) is 0 Å². The summed E-state index contributed by atoms with van der Waals surface area (Å²) in [5, 5.41) is 15.1. The molecule has 1 fully saturated rings. The summed E-state index contributed by atoms with van der Waals surface area (Å²) in [6.45, 7) is 2.88. The molecule has 0 saturated heterocycles. The molecule has 2 aliphatic rings. The number of fused-ring (bicyclic) bond motifs is 2. The number of carbonyl (C=O) groups excluding carboxylic acids is 1. The van der Waals surface area contributed by atoms with E-state index in [2.05, 4.69) is 52.7 Å². The number of hydrogen-bond donors (Lipinski definition) is 1. The van der Waals surface area contributed by atoms with E-state index in [1.165, 1.54) is 41.2 Å². The molecular weight excluding hydrogens is 430 g/mol. The fourth-order valence-corrected chi connectivity index (χ4v) is 5.70. The predicted molar refractivity (Wildman–Crippen MR) is 142 cm³/mol. The van der Waals surface area contributed by atoms with E-state index in [9.17, 15) is 10.1 Å². The maximum absolute atomic E-state index is 13.0. The van der Waals surface area contributed by atoms with Crippen molar-refractivity contribution in [1.29, 1.82) is 5.26 Å². The lowest BCUT2D eigenvalue weighted by Gasteiger charge is -2.40. The van der Waals surface area contributed by atoms with E-state index >= 15 is 0 Å². The zero-order chi connectivity index (χ0) is 24.1. The van der Waals surface area contributed by atoms with E-state index in [4.69, 9.17) is 0 Å². The molecule has 35 heavy (non-hydrogen) atoms. The molecule has 1 heterocycles. The van der Waals surface area contributed by atoms with Gasteiger partial charge in [0.1, 0.15) is 0 Å². The summed E-state index contributed by atoms with van der Waals surface area (Å²) in [6.07, 6.45) is 11.3. The number of hydrogen-bond acceptors (Lipinski definition) is 3. The van der Waals surface area contributed by atoms with E-state index < -0.39 is 0 Å². The van der Waals surface area contributed by atoms with Crippen LogP contribution in [-0.4, -0.2) is 29.4 Å². The van der Waals surface area contributed by atoms with E-state index in [1.54, 1.807) is 6.08 Å². The minimum atomic E-state index is -0.127. The van der Waals surface area contributed by atoms with Gasteiger partial charge in [-0.1, -0.05) is 61.7 Å². The van der Waals surface area contributed by atoms with Crippen LogP contribution in [0, 0.1) is 11.3 Å². The summed E-state index contributed by atoms with van der Waals surface area (Å²) >= 11 is 0. The molecule has 1 saturated carbocycles. The van der Waals surface area contributed by atoms with E-state index in [-0.39, 0.29) is 11.4 Å². The van der Waals surface area contributed by atoms with Gasteiger partial charge in [-0.3, -0.25) is 9.69 Å². The van der Waals surface area contributed by atoms with Crippen LogP contribution in [0.3, 0.4) is 0 Å². The van der Waals surface area contributed by atoms with Crippen LogP contribution < -0.4 is 5.32 Å². The van der Waals surface area contributed by atoms with Crippen LogP contribution in [0.15, 0.2) is 66.7 Å². The monoisotopic (exact) mass is 463 g/mol. The number of nitrogens with zero attached hydrogens (tertiary/aromatic N) is 2. The Morgan fingerprint density at radius 1 is 1.00 bits per heavy atom. The van der Waals surface area contributed by atoms with Crippen molar-refractivity contribution < 1.29 is 4.79 Å². The molecule has 1 aliphatic heterocycles. The van der Waals surface area contributed by atoms with Crippen molar-refractivity contribution in [3.63, 3.8) is 0 Å². The summed E-state index contributed by atoms with van der Waals surface area (Å²) in [6, 6.07) is 22.9. The summed E-state index contributed by atoms with van der Waals surface area (Å²) in [5.41, 5.74) is 4.29. The van der Waals surface area contributed by atoms with Gasteiger partial charge in [-0.15, -0.1) is 0 Å². The van der Waals surface area contributed by atoms with Crippen molar-refractivity contribution in [2.45, 2.75) is 57.0 Å². The van der Waals surface area contributed by atoms with Crippen LogP contribution in [0.4, 0.5) is 0 Å². The van der Waals surface area contributed by atoms with Gasteiger partial charge in [-0.25, -0.2) is 0 Å². The highest BCUT2D eigenvalue weighted by Gasteiger charge is 2.33. The fourth-order valence-electron chi connectivity index (χ4n) is 5.70. The van der Waals surface area contributed by atoms with Gasteiger partial charge in [0.2, 0.25) is 5.91 Å². The van der Waals surface area contributed by atoms with Crippen LogP contribution in [0.2, 0.25) is 0 Å². The second kappa shape index (κ2) is 10.5. The molecule has 0 radical (unpaired) electrons. The van der Waals surface area contributed by atoms with Crippen molar-refractivity contribution in [3.05, 3.63) is 89.0 Å². The topological polar surface area (TPSA) is 56.1 Å². The number of amides is 1. The Balaban J connectivity index is 1.23. The third-order valence-corrected chi connectivity index (χ3v) is 7.73. The molecule has 4 heteroatoms. The number of nitriles is 1. The highest BCUT2D eigenvalue weighted by Crippen LogP contribution is 2.32. The first kappa shape index (κ1) is 23.3. The molecule has 1 amide bonds. The molecule has 1 N–H and O–H groups in total. The van der Waals surface area contributed by atoms with Crippen molar-refractivity contribution in [1.82, 2.24) is 10.2 Å². The lowest BCUT2D eigenvalue weighted by atomic mass is 9.79. The van der Waals surface area contributed by atoms with Gasteiger partial charge < -0.3 is 5.32 Å². The van der Waals surface area contributed by atoms with Crippen molar-refractivity contribution in [3.8, 4) is 6.07 Å². The van der Waals surface area contributed by atoms with E-state index in [0.717, 1.165) is 56.4 Å². The summed E-state index contributed by atoms with van der Waals surface area (Å²) < 4.78 is 0. The first-order valence-corrected chi connectivity index (χ1v) is 12.9. The Hall–Kier alpha value is -3.42. The zero-order valence-electron chi connectivity index (χ0n) is 20.3. The molecule has 0 atom stereocenters. The summed E-state index contributed by atoms with van der Waals surface area (Å²) in [4.78, 5) is 15.5. The van der Waals surface area contributed by atoms with Gasteiger partial charge in [0, 0.05) is 31.2 Å². The number of benzene rings is 3. The number of carbonyl (C=O) groups is 1. The van der Waals surface area contributed by atoms with Gasteiger partial charge in [0.25, 0.3) is 0 Å². The van der Waals surface area contributed by atoms with Crippen molar-refractivity contribution >= 4 is 22.8 Å². The SMILES string of the molecule is N#Cc1ccc2c(c1)CN(CCC1(NC(=O)/C=C/c3ccc4ccccc4c3)CCCCC1)CC2. The quantitative estimate of drug-likeness (QED) is 0.457. The first-order valence-electron chi connectivity index (χ1n) is 12.9. The molecule has 0 unspecified atom stereocenters. The van der Waals surface area contributed by atoms with Gasteiger partial charge in [-0.05, 0) is 77.4 Å². The molecular formula is C31H33N3O. The second-order valence-electron chi connectivity index (χ2n) is 10.1. The van der Waals surface area contributed by atoms with Crippen LogP contribution >= 0.6 is 0 Å². The zero-order valence-corrected chi connectivity index (χ0v) is 20.3. The Morgan fingerprint density at radius 3 is 2.66 bits per heavy atom. The molecule has 3 aromatic carbocycles. The largest absolute Gasteiger partial charge is 0.347 e. The van der Waals surface area contributed by atoms with Gasteiger partial charge in [-0.2, -0.15) is 5.26 Å². The Kier molecular flexibility index (Phi) is 6.97. The summed E-state index contributed by atoms with van der Waals surface area (Å²) in [7, 11) is 0. The van der Waals surface area contributed by atoms with Crippen LogP contribution in [0.25, 0.3) is 16.8 Å².